The minimum atomic E-state index is -0.453. The molecule has 0 N–H and O–H groups in total. The average molecular weight is 406 g/mol. The zero-order chi connectivity index (χ0) is 19.0. The molecular formula is C19H14Cl2FN3O2. The van der Waals surface area contributed by atoms with Crippen molar-refractivity contribution in [3.63, 3.8) is 0 Å². The van der Waals surface area contributed by atoms with Gasteiger partial charge in [0.25, 0.3) is 0 Å². The van der Waals surface area contributed by atoms with E-state index in [9.17, 15) is 9.18 Å². The van der Waals surface area contributed by atoms with Gasteiger partial charge in [-0.2, -0.15) is 4.98 Å². The number of rotatable bonds is 4. The van der Waals surface area contributed by atoms with Crippen LogP contribution in [0.25, 0.3) is 11.4 Å². The van der Waals surface area contributed by atoms with Crippen LogP contribution in [0.2, 0.25) is 10.0 Å². The minimum Gasteiger partial charge on any atom is -0.337 e. The average Bonchev–Trinajstić information content (AvgIpc) is 3.25. The van der Waals surface area contributed by atoms with Crippen LogP contribution in [0.15, 0.2) is 47.0 Å². The normalized spacial score (nSPS) is 16.9. The molecule has 0 saturated carbocycles. The van der Waals surface area contributed by atoms with Crippen molar-refractivity contribution in [3.05, 3.63) is 69.8 Å². The SMILES string of the molecule is O=C1CCC(c2nc(-c3cccc(Cl)c3)no2)N1Cc1c(F)cccc1Cl. The molecule has 0 bridgehead atoms. The summed E-state index contributed by atoms with van der Waals surface area (Å²) in [7, 11) is 0. The van der Waals surface area contributed by atoms with Crippen molar-refractivity contribution >= 4 is 29.1 Å². The third kappa shape index (κ3) is 3.55. The fourth-order valence-electron chi connectivity index (χ4n) is 3.16. The van der Waals surface area contributed by atoms with Crippen LogP contribution in [0.1, 0.15) is 30.3 Å². The standard InChI is InChI=1S/C19H14Cl2FN3O2/c20-12-4-1-3-11(9-12)18-23-19(27-24-18)16-7-8-17(26)25(16)10-13-14(21)5-2-6-15(13)22/h1-6,9,16H,7-8,10H2. The summed E-state index contributed by atoms with van der Waals surface area (Å²) in [6, 6.07) is 11.1. The smallest absolute Gasteiger partial charge is 0.249 e. The Bertz CT molecular complexity index is 988. The molecule has 1 unspecified atom stereocenters. The Morgan fingerprint density at radius 2 is 2.04 bits per heavy atom. The van der Waals surface area contributed by atoms with E-state index in [0.29, 0.717) is 35.1 Å². The second-order valence-electron chi connectivity index (χ2n) is 6.24. The van der Waals surface area contributed by atoms with Crippen LogP contribution < -0.4 is 0 Å². The summed E-state index contributed by atoms with van der Waals surface area (Å²) in [5, 5.41) is 4.83. The zero-order valence-corrected chi connectivity index (χ0v) is 15.5. The summed E-state index contributed by atoms with van der Waals surface area (Å²) in [6.45, 7) is 0.0455. The lowest BCUT2D eigenvalue weighted by Gasteiger charge is -2.22. The maximum Gasteiger partial charge on any atom is 0.249 e. The van der Waals surface area contributed by atoms with E-state index in [0.717, 1.165) is 0 Å². The van der Waals surface area contributed by atoms with Crippen LogP contribution in [0.5, 0.6) is 0 Å². The molecule has 5 nitrogen and oxygen atoms in total. The molecule has 27 heavy (non-hydrogen) atoms. The van der Waals surface area contributed by atoms with E-state index in [2.05, 4.69) is 10.1 Å². The molecule has 8 heteroatoms. The van der Waals surface area contributed by atoms with Crippen molar-refractivity contribution in [2.45, 2.75) is 25.4 Å². The van der Waals surface area contributed by atoms with E-state index in [4.69, 9.17) is 27.7 Å². The Hall–Kier alpha value is -2.44. The first-order valence-corrected chi connectivity index (χ1v) is 9.10. The van der Waals surface area contributed by atoms with Gasteiger partial charge >= 0.3 is 0 Å². The second kappa shape index (κ2) is 7.29. The van der Waals surface area contributed by atoms with Crippen molar-refractivity contribution in [2.75, 3.05) is 0 Å². The number of aromatic nitrogens is 2. The molecule has 1 aliphatic heterocycles. The van der Waals surface area contributed by atoms with Gasteiger partial charge < -0.3 is 9.42 Å². The summed E-state index contributed by atoms with van der Waals surface area (Å²) in [5.74, 6) is 0.131. The number of amides is 1. The molecule has 1 aliphatic rings. The summed E-state index contributed by atoms with van der Waals surface area (Å²) in [4.78, 5) is 18.3. The summed E-state index contributed by atoms with van der Waals surface area (Å²) < 4.78 is 19.5. The highest BCUT2D eigenvalue weighted by atomic mass is 35.5. The van der Waals surface area contributed by atoms with E-state index >= 15 is 0 Å². The monoisotopic (exact) mass is 405 g/mol. The number of likely N-dealkylation sites (tertiary alicyclic amines) is 1. The topological polar surface area (TPSA) is 59.2 Å². The Morgan fingerprint density at radius 3 is 2.81 bits per heavy atom. The largest absolute Gasteiger partial charge is 0.337 e. The number of carbonyl (C=O) groups is 1. The van der Waals surface area contributed by atoms with Crippen molar-refractivity contribution < 1.29 is 13.7 Å². The maximum atomic E-state index is 14.1. The third-order valence-corrected chi connectivity index (χ3v) is 5.12. The number of hydrogen-bond acceptors (Lipinski definition) is 4. The fourth-order valence-corrected chi connectivity index (χ4v) is 3.57. The van der Waals surface area contributed by atoms with Crippen molar-refractivity contribution in [1.29, 1.82) is 0 Å². The maximum absolute atomic E-state index is 14.1. The first kappa shape index (κ1) is 17.9. The summed E-state index contributed by atoms with van der Waals surface area (Å²) in [5.41, 5.74) is 0.986. The van der Waals surface area contributed by atoms with Gasteiger partial charge in [-0.3, -0.25) is 4.79 Å². The molecular weight excluding hydrogens is 392 g/mol. The predicted molar refractivity (Wildman–Crippen MR) is 98.7 cm³/mol. The van der Waals surface area contributed by atoms with E-state index in [1.54, 1.807) is 24.3 Å². The molecule has 1 fully saturated rings. The van der Waals surface area contributed by atoms with Crippen LogP contribution in [0, 0.1) is 5.82 Å². The number of carbonyl (C=O) groups excluding carboxylic acids is 1. The van der Waals surface area contributed by atoms with Crippen molar-refractivity contribution in [1.82, 2.24) is 15.0 Å². The van der Waals surface area contributed by atoms with Gasteiger partial charge in [0.2, 0.25) is 17.6 Å². The molecule has 1 amide bonds. The first-order valence-electron chi connectivity index (χ1n) is 8.35. The molecule has 0 spiro atoms. The van der Waals surface area contributed by atoms with Crippen molar-refractivity contribution in [2.24, 2.45) is 0 Å². The van der Waals surface area contributed by atoms with Gasteiger partial charge in [-0.1, -0.05) is 46.6 Å². The molecule has 138 valence electrons. The number of hydrogen-bond donors (Lipinski definition) is 0. The van der Waals surface area contributed by atoms with E-state index in [-0.39, 0.29) is 23.0 Å². The molecule has 0 radical (unpaired) electrons. The summed E-state index contributed by atoms with van der Waals surface area (Å²) >= 11 is 12.1. The van der Waals surface area contributed by atoms with Gasteiger partial charge in [0, 0.05) is 27.6 Å². The first-order chi connectivity index (χ1) is 13.0. The van der Waals surface area contributed by atoms with Gasteiger partial charge in [-0.15, -0.1) is 0 Å². The summed E-state index contributed by atoms with van der Waals surface area (Å²) in [6.07, 6.45) is 0.841. The Morgan fingerprint density at radius 1 is 1.22 bits per heavy atom. The van der Waals surface area contributed by atoms with Crippen LogP contribution in [-0.4, -0.2) is 20.9 Å². The van der Waals surface area contributed by atoms with Gasteiger partial charge in [-0.25, -0.2) is 4.39 Å². The minimum absolute atomic E-state index is 0.0455. The lowest BCUT2D eigenvalue weighted by Crippen LogP contribution is -2.28. The van der Waals surface area contributed by atoms with Crippen LogP contribution in [0.4, 0.5) is 4.39 Å². The highest BCUT2D eigenvalue weighted by Crippen LogP contribution is 2.35. The molecule has 2 aromatic carbocycles. The van der Waals surface area contributed by atoms with Crippen LogP contribution >= 0.6 is 23.2 Å². The zero-order valence-electron chi connectivity index (χ0n) is 14.0. The fraction of sp³-hybridized carbons (Fsp3) is 0.211. The lowest BCUT2D eigenvalue weighted by atomic mass is 10.1. The lowest BCUT2D eigenvalue weighted by molar-refractivity contribution is -0.130. The molecule has 2 heterocycles. The van der Waals surface area contributed by atoms with E-state index < -0.39 is 11.9 Å². The van der Waals surface area contributed by atoms with E-state index in [1.165, 1.54) is 17.0 Å². The number of nitrogens with zero attached hydrogens (tertiary/aromatic N) is 3. The van der Waals surface area contributed by atoms with Gasteiger partial charge in [0.1, 0.15) is 11.9 Å². The number of halogens is 3. The molecule has 1 saturated heterocycles. The quantitative estimate of drug-likeness (QED) is 0.609. The van der Waals surface area contributed by atoms with Crippen molar-refractivity contribution in [3.8, 4) is 11.4 Å². The predicted octanol–water partition coefficient (Wildman–Crippen LogP) is 5.05. The van der Waals surface area contributed by atoms with Gasteiger partial charge in [0.15, 0.2) is 0 Å². The van der Waals surface area contributed by atoms with E-state index in [1.807, 2.05) is 6.07 Å². The molecule has 1 atom stereocenters. The van der Waals surface area contributed by atoms with Crippen LogP contribution in [0.3, 0.4) is 0 Å². The highest BCUT2D eigenvalue weighted by molar-refractivity contribution is 6.31. The second-order valence-corrected chi connectivity index (χ2v) is 7.09. The molecule has 4 rings (SSSR count). The highest BCUT2D eigenvalue weighted by Gasteiger charge is 2.36. The molecule has 0 aliphatic carbocycles. The number of benzene rings is 2. The Kier molecular flexibility index (Phi) is 4.85. The third-order valence-electron chi connectivity index (χ3n) is 4.53. The van der Waals surface area contributed by atoms with Crippen LogP contribution in [-0.2, 0) is 11.3 Å². The van der Waals surface area contributed by atoms with Gasteiger partial charge in [0.05, 0.1) is 6.54 Å². The molecule has 3 aromatic rings. The molecule has 1 aromatic heterocycles. The van der Waals surface area contributed by atoms with Gasteiger partial charge in [-0.05, 0) is 30.7 Å². The Balaban J connectivity index is 1.62. The Labute approximate surface area is 164 Å².